The second-order valence-electron chi connectivity index (χ2n) is 6.14. The summed E-state index contributed by atoms with van der Waals surface area (Å²) >= 11 is 0. The van der Waals surface area contributed by atoms with Crippen LogP contribution in [-0.4, -0.2) is 24.0 Å². The van der Waals surface area contributed by atoms with Gasteiger partial charge >= 0.3 is 0 Å². The summed E-state index contributed by atoms with van der Waals surface area (Å²) in [7, 11) is 0. The van der Waals surface area contributed by atoms with Crippen molar-refractivity contribution in [3.63, 3.8) is 0 Å². The number of hydrogen-bond donors (Lipinski definition) is 0. The molecule has 1 nitrogen and oxygen atoms in total. The maximum Gasteiger partial charge on any atom is 0.0384 e. The molecule has 3 aliphatic carbocycles. The quantitative estimate of drug-likeness (QED) is 0.675. The zero-order valence-corrected chi connectivity index (χ0v) is 10.9. The highest BCUT2D eigenvalue weighted by Gasteiger charge is 2.52. The summed E-state index contributed by atoms with van der Waals surface area (Å²) in [6.07, 6.45) is 20.8. The SMILES string of the molecule is C1=CC=C2C(=CC(N3CCCC3)C23CCC3)C=C1. The molecular weight excluding hydrogens is 218 g/mol. The van der Waals surface area contributed by atoms with E-state index in [1.807, 2.05) is 0 Å². The van der Waals surface area contributed by atoms with Gasteiger partial charge in [0.25, 0.3) is 0 Å². The topological polar surface area (TPSA) is 3.24 Å². The van der Waals surface area contributed by atoms with Crippen LogP contribution in [0.25, 0.3) is 0 Å². The van der Waals surface area contributed by atoms with Gasteiger partial charge in [0.15, 0.2) is 0 Å². The minimum Gasteiger partial charge on any atom is -0.296 e. The van der Waals surface area contributed by atoms with Crippen LogP contribution in [0.15, 0.2) is 47.6 Å². The Hall–Kier alpha value is -1.08. The van der Waals surface area contributed by atoms with Crippen molar-refractivity contribution in [2.24, 2.45) is 5.41 Å². The van der Waals surface area contributed by atoms with Gasteiger partial charge in [0.1, 0.15) is 0 Å². The van der Waals surface area contributed by atoms with Gasteiger partial charge < -0.3 is 0 Å². The van der Waals surface area contributed by atoms with Crippen LogP contribution >= 0.6 is 0 Å². The maximum atomic E-state index is 2.74. The lowest BCUT2D eigenvalue weighted by Crippen LogP contribution is -2.48. The number of rotatable bonds is 1. The third kappa shape index (κ3) is 1.37. The van der Waals surface area contributed by atoms with E-state index in [9.17, 15) is 0 Å². The molecule has 4 aliphatic rings. The zero-order chi connectivity index (χ0) is 12.0. The van der Waals surface area contributed by atoms with E-state index in [4.69, 9.17) is 0 Å². The van der Waals surface area contributed by atoms with Gasteiger partial charge in [0, 0.05) is 11.5 Å². The summed E-state index contributed by atoms with van der Waals surface area (Å²) in [5.74, 6) is 0. The van der Waals surface area contributed by atoms with Crippen molar-refractivity contribution >= 4 is 0 Å². The van der Waals surface area contributed by atoms with Gasteiger partial charge in [-0.05, 0) is 49.9 Å². The molecule has 1 saturated heterocycles. The fraction of sp³-hybridized carbons (Fsp3) is 0.529. The van der Waals surface area contributed by atoms with Crippen molar-refractivity contribution in [1.29, 1.82) is 0 Å². The summed E-state index contributed by atoms with van der Waals surface area (Å²) in [6.45, 7) is 2.62. The van der Waals surface area contributed by atoms with Gasteiger partial charge in [-0.1, -0.05) is 42.9 Å². The van der Waals surface area contributed by atoms with E-state index in [-0.39, 0.29) is 0 Å². The number of likely N-dealkylation sites (tertiary alicyclic amines) is 1. The molecule has 1 heteroatoms. The monoisotopic (exact) mass is 239 g/mol. The highest BCUT2D eigenvalue weighted by molar-refractivity contribution is 5.56. The summed E-state index contributed by atoms with van der Waals surface area (Å²) in [6, 6.07) is 0.686. The summed E-state index contributed by atoms with van der Waals surface area (Å²) in [5.41, 5.74) is 3.59. The zero-order valence-electron chi connectivity index (χ0n) is 10.9. The first-order chi connectivity index (χ1) is 8.90. The van der Waals surface area contributed by atoms with Crippen LogP contribution < -0.4 is 0 Å². The van der Waals surface area contributed by atoms with E-state index in [0.29, 0.717) is 11.5 Å². The summed E-state index contributed by atoms with van der Waals surface area (Å²) in [4.78, 5) is 2.74. The molecule has 4 rings (SSSR count). The predicted molar refractivity (Wildman–Crippen MR) is 75.3 cm³/mol. The Morgan fingerprint density at radius 2 is 1.83 bits per heavy atom. The molecule has 18 heavy (non-hydrogen) atoms. The van der Waals surface area contributed by atoms with Gasteiger partial charge in [-0.2, -0.15) is 0 Å². The van der Waals surface area contributed by atoms with Gasteiger partial charge in [-0.3, -0.25) is 4.90 Å². The second-order valence-corrected chi connectivity index (χ2v) is 6.14. The number of nitrogens with zero attached hydrogens (tertiary/aromatic N) is 1. The highest BCUT2D eigenvalue weighted by Crippen LogP contribution is 2.58. The van der Waals surface area contributed by atoms with Gasteiger partial charge in [0.05, 0.1) is 0 Å². The van der Waals surface area contributed by atoms with Crippen LogP contribution in [-0.2, 0) is 0 Å². The summed E-state index contributed by atoms with van der Waals surface area (Å²) in [5, 5.41) is 0. The average Bonchev–Trinajstić information content (AvgIpc) is 2.89. The van der Waals surface area contributed by atoms with Crippen LogP contribution in [0.5, 0.6) is 0 Å². The third-order valence-electron chi connectivity index (χ3n) is 5.29. The molecule has 1 spiro atoms. The molecule has 0 aromatic heterocycles. The predicted octanol–water partition coefficient (Wildman–Crippen LogP) is 3.61. The van der Waals surface area contributed by atoms with Gasteiger partial charge in [-0.25, -0.2) is 0 Å². The molecule has 1 aliphatic heterocycles. The van der Waals surface area contributed by atoms with Crippen molar-refractivity contribution in [2.75, 3.05) is 13.1 Å². The van der Waals surface area contributed by atoms with Crippen molar-refractivity contribution in [1.82, 2.24) is 4.90 Å². The molecule has 0 radical (unpaired) electrons. The van der Waals surface area contributed by atoms with Crippen molar-refractivity contribution < 1.29 is 0 Å². The molecule has 0 N–H and O–H groups in total. The molecule has 0 aromatic rings. The minimum absolute atomic E-state index is 0.471. The Bertz CT molecular complexity index is 468. The number of fused-ring (bicyclic) bond motifs is 2. The lowest BCUT2D eigenvalue weighted by molar-refractivity contribution is 0.0817. The highest BCUT2D eigenvalue weighted by atomic mass is 15.2. The standard InChI is InChI=1S/C17H21N/c1-2-7-14-13-16(18-11-4-5-12-18)17(9-6-10-17)15(14)8-3-1/h1-3,7-8,13,16H,4-6,9-12H2. The number of hydrogen-bond acceptors (Lipinski definition) is 1. The molecule has 1 heterocycles. The Morgan fingerprint density at radius 1 is 1.00 bits per heavy atom. The van der Waals surface area contributed by atoms with Crippen LogP contribution in [0, 0.1) is 5.41 Å². The molecule has 94 valence electrons. The minimum atomic E-state index is 0.471. The largest absolute Gasteiger partial charge is 0.296 e. The van der Waals surface area contributed by atoms with E-state index >= 15 is 0 Å². The average molecular weight is 239 g/mol. The van der Waals surface area contributed by atoms with Gasteiger partial charge in [-0.15, -0.1) is 0 Å². The van der Waals surface area contributed by atoms with E-state index in [1.54, 1.807) is 5.57 Å². The van der Waals surface area contributed by atoms with E-state index in [1.165, 1.54) is 50.8 Å². The van der Waals surface area contributed by atoms with E-state index < -0.39 is 0 Å². The molecule has 0 bridgehead atoms. The van der Waals surface area contributed by atoms with Gasteiger partial charge in [0.2, 0.25) is 0 Å². The Morgan fingerprint density at radius 3 is 2.56 bits per heavy atom. The molecule has 1 saturated carbocycles. The van der Waals surface area contributed by atoms with Crippen LogP contribution in [0.4, 0.5) is 0 Å². The lowest BCUT2D eigenvalue weighted by atomic mass is 9.61. The summed E-state index contributed by atoms with van der Waals surface area (Å²) < 4.78 is 0. The molecule has 2 fully saturated rings. The molecule has 0 amide bonds. The lowest BCUT2D eigenvalue weighted by Gasteiger charge is -2.48. The van der Waals surface area contributed by atoms with Crippen molar-refractivity contribution in [2.45, 2.75) is 38.1 Å². The molecule has 1 unspecified atom stereocenters. The third-order valence-corrected chi connectivity index (χ3v) is 5.29. The molecule has 0 aromatic carbocycles. The smallest absolute Gasteiger partial charge is 0.0384 e. The van der Waals surface area contributed by atoms with Crippen LogP contribution in [0.1, 0.15) is 32.1 Å². The molecule has 1 atom stereocenters. The maximum absolute atomic E-state index is 2.74. The number of allylic oxidation sites excluding steroid dienone is 6. The first-order valence-electron chi connectivity index (χ1n) is 7.42. The first kappa shape index (κ1) is 10.8. The second kappa shape index (κ2) is 3.96. The Balaban J connectivity index is 1.75. The van der Waals surface area contributed by atoms with Crippen molar-refractivity contribution in [3.8, 4) is 0 Å². The van der Waals surface area contributed by atoms with Crippen LogP contribution in [0.2, 0.25) is 0 Å². The normalized spacial score (nSPS) is 33.0. The Kier molecular flexibility index (Phi) is 2.38. The fourth-order valence-corrected chi connectivity index (χ4v) is 4.25. The van der Waals surface area contributed by atoms with E-state index in [0.717, 1.165) is 0 Å². The van der Waals surface area contributed by atoms with E-state index in [2.05, 4.69) is 41.4 Å². The van der Waals surface area contributed by atoms with Crippen molar-refractivity contribution in [3.05, 3.63) is 47.6 Å². The van der Waals surface area contributed by atoms with Crippen LogP contribution in [0.3, 0.4) is 0 Å². The Labute approximate surface area is 110 Å². The molecular formula is C17H21N. The fourth-order valence-electron chi connectivity index (χ4n) is 4.25. The first-order valence-corrected chi connectivity index (χ1v) is 7.42.